The van der Waals surface area contributed by atoms with Crippen LogP contribution in [0.1, 0.15) is 16.2 Å². The molecule has 0 aliphatic carbocycles. The highest BCUT2D eigenvalue weighted by molar-refractivity contribution is 6.03. The van der Waals surface area contributed by atoms with Crippen molar-refractivity contribution >= 4 is 17.3 Å². The molecule has 0 saturated carbocycles. The fraction of sp³-hybridized carbons (Fsp3) is 0.167. The molecule has 6 nitrogen and oxygen atoms in total. The van der Waals surface area contributed by atoms with Crippen molar-refractivity contribution in [2.45, 2.75) is 6.92 Å². The number of nitrogens with zero attached hydrogens (tertiary/aromatic N) is 1. The second kappa shape index (κ2) is 4.79. The Hall–Kier alpha value is -2.50. The summed E-state index contributed by atoms with van der Waals surface area (Å²) in [5.74, 6) is 0.734. The number of nitrogens with one attached hydrogen (secondary N) is 1. The molecule has 6 heteroatoms. The molecule has 0 bridgehead atoms. The number of methoxy groups -OCH3 is 1. The number of amides is 1. The van der Waals surface area contributed by atoms with E-state index in [-0.39, 0.29) is 11.6 Å². The average Bonchev–Trinajstić information content (AvgIpc) is 2.78. The Kier molecular flexibility index (Phi) is 3.18. The monoisotopic (exact) mass is 247 g/mol. The molecule has 1 aromatic carbocycles. The summed E-state index contributed by atoms with van der Waals surface area (Å²) in [6, 6.07) is 6.54. The summed E-state index contributed by atoms with van der Waals surface area (Å²) in [4.78, 5) is 11.8. The van der Waals surface area contributed by atoms with E-state index in [0.717, 1.165) is 0 Å². The molecule has 2 rings (SSSR count). The molecule has 1 heterocycles. The van der Waals surface area contributed by atoms with E-state index in [2.05, 4.69) is 10.5 Å². The fourth-order valence-electron chi connectivity index (χ4n) is 1.46. The van der Waals surface area contributed by atoms with E-state index in [1.807, 2.05) is 0 Å². The van der Waals surface area contributed by atoms with Crippen LogP contribution in [0.15, 0.2) is 28.8 Å². The van der Waals surface area contributed by atoms with Crippen molar-refractivity contribution in [3.8, 4) is 5.75 Å². The molecule has 94 valence electrons. The summed E-state index contributed by atoms with van der Waals surface area (Å²) in [6.45, 7) is 1.72. The number of aryl methyl sites for hydroxylation is 1. The maximum absolute atomic E-state index is 11.8. The van der Waals surface area contributed by atoms with Crippen molar-refractivity contribution in [3.63, 3.8) is 0 Å². The first-order valence-corrected chi connectivity index (χ1v) is 5.28. The van der Waals surface area contributed by atoms with E-state index in [0.29, 0.717) is 22.9 Å². The Balaban J connectivity index is 2.16. The molecule has 0 atom stereocenters. The van der Waals surface area contributed by atoms with Gasteiger partial charge in [-0.15, -0.1) is 0 Å². The molecule has 0 unspecified atom stereocenters. The highest BCUT2D eigenvalue weighted by Crippen LogP contribution is 2.25. The molecule has 0 aliphatic heterocycles. The lowest BCUT2D eigenvalue weighted by Gasteiger charge is -2.07. The highest BCUT2D eigenvalue weighted by Gasteiger charge is 2.11. The van der Waals surface area contributed by atoms with Crippen LogP contribution in [0.2, 0.25) is 0 Å². The first-order valence-electron chi connectivity index (χ1n) is 5.28. The quantitative estimate of drug-likeness (QED) is 0.807. The fourth-order valence-corrected chi connectivity index (χ4v) is 1.46. The molecular formula is C12H13N3O3. The van der Waals surface area contributed by atoms with Gasteiger partial charge >= 0.3 is 0 Å². The van der Waals surface area contributed by atoms with Gasteiger partial charge in [0, 0.05) is 17.8 Å². The number of anilines is 2. The van der Waals surface area contributed by atoms with Crippen molar-refractivity contribution in [2.75, 3.05) is 18.2 Å². The minimum atomic E-state index is -0.348. The SMILES string of the molecule is COc1cc(NC(=O)c2cc(C)on2)ccc1N. The summed E-state index contributed by atoms with van der Waals surface area (Å²) >= 11 is 0. The highest BCUT2D eigenvalue weighted by atomic mass is 16.5. The lowest BCUT2D eigenvalue weighted by Crippen LogP contribution is -2.12. The van der Waals surface area contributed by atoms with Crippen molar-refractivity contribution in [1.29, 1.82) is 0 Å². The van der Waals surface area contributed by atoms with Gasteiger partial charge in [0.2, 0.25) is 0 Å². The Morgan fingerprint density at radius 2 is 2.22 bits per heavy atom. The Morgan fingerprint density at radius 3 is 2.83 bits per heavy atom. The predicted molar refractivity (Wildman–Crippen MR) is 66.6 cm³/mol. The van der Waals surface area contributed by atoms with Crippen molar-refractivity contribution in [1.82, 2.24) is 5.16 Å². The molecule has 1 amide bonds. The topological polar surface area (TPSA) is 90.4 Å². The smallest absolute Gasteiger partial charge is 0.277 e. The van der Waals surface area contributed by atoms with E-state index in [1.54, 1.807) is 31.2 Å². The number of benzene rings is 1. The largest absolute Gasteiger partial charge is 0.495 e. The number of hydrogen-bond acceptors (Lipinski definition) is 5. The maximum Gasteiger partial charge on any atom is 0.277 e. The van der Waals surface area contributed by atoms with Gasteiger partial charge in [-0.25, -0.2) is 0 Å². The maximum atomic E-state index is 11.8. The molecule has 0 fully saturated rings. The van der Waals surface area contributed by atoms with Gasteiger partial charge in [-0.2, -0.15) is 0 Å². The zero-order valence-corrected chi connectivity index (χ0v) is 10.1. The van der Waals surface area contributed by atoms with Gasteiger partial charge in [0.1, 0.15) is 11.5 Å². The molecule has 1 aromatic heterocycles. The molecule has 0 radical (unpaired) electrons. The third-order valence-corrected chi connectivity index (χ3v) is 2.35. The van der Waals surface area contributed by atoms with Crippen LogP contribution < -0.4 is 15.8 Å². The summed E-state index contributed by atoms with van der Waals surface area (Å²) < 4.78 is 9.90. The van der Waals surface area contributed by atoms with Crippen LogP contribution in [0, 0.1) is 6.92 Å². The molecule has 18 heavy (non-hydrogen) atoms. The van der Waals surface area contributed by atoms with Gasteiger partial charge in [-0.1, -0.05) is 5.16 Å². The van der Waals surface area contributed by atoms with Crippen LogP contribution in [0.4, 0.5) is 11.4 Å². The predicted octanol–water partition coefficient (Wildman–Crippen LogP) is 1.83. The zero-order valence-electron chi connectivity index (χ0n) is 10.1. The first-order chi connectivity index (χ1) is 8.60. The molecule has 0 aliphatic rings. The Labute approximate surface area is 104 Å². The van der Waals surface area contributed by atoms with Crippen molar-refractivity contribution in [3.05, 3.63) is 35.7 Å². The van der Waals surface area contributed by atoms with E-state index in [1.165, 1.54) is 7.11 Å². The summed E-state index contributed by atoms with van der Waals surface area (Å²) in [7, 11) is 1.51. The minimum absolute atomic E-state index is 0.225. The lowest BCUT2D eigenvalue weighted by atomic mass is 10.2. The summed E-state index contributed by atoms with van der Waals surface area (Å²) in [5.41, 5.74) is 6.99. The number of nitrogen functional groups attached to an aromatic ring is 1. The van der Waals surface area contributed by atoms with Crippen LogP contribution in [0.5, 0.6) is 5.75 Å². The van der Waals surface area contributed by atoms with Crippen LogP contribution >= 0.6 is 0 Å². The number of ether oxygens (including phenoxy) is 1. The van der Waals surface area contributed by atoms with Gasteiger partial charge < -0.3 is 20.3 Å². The third-order valence-electron chi connectivity index (χ3n) is 2.35. The van der Waals surface area contributed by atoms with E-state index in [9.17, 15) is 4.79 Å². The van der Waals surface area contributed by atoms with Crippen LogP contribution in [0.3, 0.4) is 0 Å². The number of aromatic nitrogens is 1. The number of nitrogens with two attached hydrogens (primary N) is 1. The Bertz CT molecular complexity index is 578. The lowest BCUT2D eigenvalue weighted by molar-refractivity contribution is 0.101. The molecular weight excluding hydrogens is 234 g/mol. The molecule has 0 spiro atoms. The van der Waals surface area contributed by atoms with Gasteiger partial charge in [0.25, 0.3) is 5.91 Å². The summed E-state index contributed by atoms with van der Waals surface area (Å²) in [5, 5.41) is 6.31. The molecule has 3 N–H and O–H groups in total. The molecule has 0 saturated heterocycles. The average molecular weight is 247 g/mol. The van der Waals surface area contributed by atoms with Crippen LogP contribution in [-0.2, 0) is 0 Å². The van der Waals surface area contributed by atoms with Gasteiger partial charge in [0.05, 0.1) is 12.8 Å². The second-order valence-corrected chi connectivity index (χ2v) is 3.73. The van der Waals surface area contributed by atoms with Crippen molar-refractivity contribution < 1.29 is 14.1 Å². The first kappa shape index (κ1) is 12.0. The molecule has 2 aromatic rings. The van der Waals surface area contributed by atoms with Crippen molar-refractivity contribution in [2.24, 2.45) is 0 Å². The van der Waals surface area contributed by atoms with E-state index >= 15 is 0 Å². The number of hydrogen-bond donors (Lipinski definition) is 2. The van der Waals surface area contributed by atoms with E-state index < -0.39 is 0 Å². The van der Waals surface area contributed by atoms with Crippen LogP contribution in [0.25, 0.3) is 0 Å². The van der Waals surface area contributed by atoms with Gasteiger partial charge in [-0.05, 0) is 19.1 Å². The standard InChI is InChI=1S/C12H13N3O3/c1-7-5-10(15-18-7)12(16)14-8-3-4-9(13)11(6-8)17-2/h3-6H,13H2,1-2H3,(H,14,16). The van der Waals surface area contributed by atoms with Gasteiger partial charge in [0.15, 0.2) is 5.69 Å². The van der Waals surface area contributed by atoms with Crippen LogP contribution in [-0.4, -0.2) is 18.2 Å². The van der Waals surface area contributed by atoms with Gasteiger partial charge in [-0.3, -0.25) is 4.79 Å². The van der Waals surface area contributed by atoms with E-state index in [4.69, 9.17) is 15.0 Å². The normalized spacial score (nSPS) is 10.1. The second-order valence-electron chi connectivity index (χ2n) is 3.73. The summed E-state index contributed by atoms with van der Waals surface area (Å²) in [6.07, 6.45) is 0. The number of carbonyl (C=O) groups excluding carboxylic acids is 1. The number of rotatable bonds is 3. The Morgan fingerprint density at radius 1 is 1.44 bits per heavy atom. The zero-order chi connectivity index (χ0) is 13.1. The number of carbonyl (C=O) groups is 1. The third kappa shape index (κ3) is 2.42. The minimum Gasteiger partial charge on any atom is -0.495 e.